The molecule has 0 bridgehead atoms. The molecule has 0 spiro atoms. The lowest BCUT2D eigenvalue weighted by atomic mass is 9.85. The van der Waals surface area contributed by atoms with Crippen LogP contribution >= 0.6 is 0 Å². The number of allylic oxidation sites excluding steroid dienone is 2. The number of amides is 3. The highest BCUT2D eigenvalue weighted by atomic mass is 16.5. The van der Waals surface area contributed by atoms with Crippen LogP contribution in [0.4, 0.5) is 11.4 Å². The molecule has 1 aliphatic heterocycles. The molecule has 2 aromatic rings. The normalized spacial score (nSPS) is 19.2. The number of anilines is 2. The van der Waals surface area contributed by atoms with E-state index in [0.717, 1.165) is 0 Å². The molecule has 0 unspecified atom stereocenters. The number of nitrogens with zero attached hydrogens (tertiary/aromatic N) is 1. The zero-order valence-electron chi connectivity index (χ0n) is 17.9. The Labute approximate surface area is 190 Å². The highest BCUT2D eigenvalue weighted by Gasteiger charge is 2.47. The van der Waals surface area contributed by atoms with Crippen molar-refractivity contribution in [3.8, 4) is 0 Å². The number of nitrogens with one attached hydrogen (secondary N) is 1. The van der Waals surface area contributed by atoms with Crippen molar-refractivity contribution >= 4 is 40.8 Å². The summed E-state index contributed by atoms with van der Waals surface area (Å²) in [7, 11) is 0. The van der Waals surface area contributed by atoms with Crippen LogP contribution in [0.5, 0.6) is 0 Å². The van der Waals surface area contributed by atoms with Crippen LogP contribution < -0.4 is 10.2 Å². The highest BCUT2D eigenvalue weighted by Crippen LogP contribution is 2.37. The molecule has 1 heterocycles. The molecule has 2 aliphatic rings. The molecule has 0 aromatic heterocycles. The first kappa shape index (κ1) is 22.1. The second-order valence-electron chi connectivity index (χ2n) is 7.97. The molecule has 0 saturated carbocycles. The molecule has 8 heteroatoms. The molecular weight excluding hydrogens is 424 g/mol. The number of benzene rings is 2. The number of hydrogen-bond acceptors (Lipinski definition) is 6. The molecule has 168 valence electrons. The summed E-state index contributed by atoms with van der Waals surface area (Å²) in [6.07, 6.45) is 4.96. The largest absolute Gasteiger partial charge is 0.452 e. The van der Waals surface area contributed by atoms with Gasteiger partial charge in [0, 0.05) is 11.3 Å². The summed E-state index contributed by atoms with van der Waals surface area (Å²) in [4.78, 5) is 62.2. The van der Waals surface area contributed by atoms with E-state index in [1.807, 2.05) is 12.2 Å². The lowest BCUT2D eigenvalue weighted by molar-refractivity contribution is -0.122. The molecule has 4 rings (SSSR count). The van der Waals surface area contributed by atoms with Crippen LogP contribution in [0.3, 0.4) is 0 Å². The first-order chi connectivity index (χ1) is 15.8. The van der Waals surface area contributed by atoms with Gasteiger partial charge in [-0.1, -0.05) is 12.2 Å². The van der Waals surface area contributed by atoms with Gasteiger partial charge >= 0.3 is 5.97 Å². The van der Waals surface area contributed by atoms with Crippen molar-refractivity contribution in [1.29, 1.82) is 0 Å². The van der Waals surface area contributed by atoms with Gasteiger partial charge in [0.15, 0.2) is 12.4 Å². The van der Waals surface area contributed by atoms with E-state index in [1.54, 1.807) is 24.3 Å². The number of carbonyl (C=O) groups excluding carboxylic acids is 5. The Morgan fingerprint density at radius 1 is 0.879 bits per heavy atom. The van der Waals surface area contributed by atoms with Crippen molar-refractivity contribution in [2.75, 3.05) is 16.8 Å². The topological polar surface area (TPSA) is 110 Å². The SMILES string of the molecule is CC(=O)c1ccc(NC(=O)COC(=O)c2ccc(N3C(=O)[C@H]4CC=CC[C@@H]4C3=O)cc2)cc1. The quantitative estimate of drug-likeness (QED) is 0.316. The van der Waals surface area contributed by atoms with Crippen molar-refractivity contribution < 1.29 is 28.7 Å². The second-order valence-corrected chi connectivity index (χ2v) is 7.97. The third kappa shape index (κ3) is 4.59. The van der Waals surface area contributed by atoms with Crippen molar-refractivity contribution in [2.24, 2.45) is 11.8 Å². The molecule has 1 saturated heterocycles. The molecule has 1 fully saturated rings. The van der Waals surface area contributed by atoms with Gasteiger partial charge in [0.05, 0.1) is 23.1 Å². The second kappa shape index (κ2) is 9.20. The maximum absolute atomic E-state index is 12.7. The van der Waals surface area contributed by atoms with Gasteiger partial charge in [-0.15, -0.1) is 0 Å². The van der Waals surface area contributed by atoms with E-state index in [0.29, 0.717) is 29.8 Å². The summed E-state index contributed by atoms with van der Waals surface area (Å²) in [5, 5.41) is 2.58. The van der Waals surface area contributed by atoms with Crippen LogP contribution in [-0.4, -0.2) is 36.1 Å². The van der Waals surface area contributed by atoms with E-state index in [2.05, 4.69) is 5.32 Å². The van der Waals surface area contributed by atoms with Crippen molar-refractivity contribution in [1.82, 2.24) is 0 Å². The lowest BCUT2D eigenvalue weighted by Gasteiger charge is -2.15. The Bertz CT molecular complexity index is 1120. The molecule has 33 heavy (non-hydrogen) atoms. The Morgan fingerprint density at radius 2 is 1.42 bits per heavy atom. The number of imide groups is 1. The van der Waals surface area contributed by atoms with Gasteiger partial charge in [-0.05, 0) is 68.3 Å². The van der Waals surface area contributed by atoms with E-state index in [4.69, 9.17) is 4.74 Å². The molecule has 0 radical (unpaired) electrons. The number of ketones is 1. The number of esters is 1. The van der Waals surface area contributed by atoms with Gasteiger partial charge < -0.3 is 10.1 Å². The van der Waals surface area contributed by atoms with E-state index in [-0.39, 0.29) is 35.0 Å². The van der Waals surface area contributed by atoms with E-state index >= 15 is 0 Å². The van der Waals surface area contributed by atoms with Crippen molar-refractivity contribution in [3.05, 3.63) is 71.8 Å². The third-order valence-electron chi connectivity index (χ3n) is 5.78. The molecule has 1 N–H and O–H groups in total. The Balaban J connectivity index is 1.33. The first-order valence-corrected chi connectivity index (χ1v) is 10.6. The van der Waals surface area contributed by atoms with Crippen LogP contribution in [0.15, 0.2) is 60.7 Å². The van der Waals surface area contributed by atoms with E-state index in [9.17, 15) is 24.0 Å². The lowest BCUT2D eigenvalue weighted by Crippen LogP contribution is -2.30. The zero-order chi connectivity index (χ0) is 23.5. The van der Waals surface area contributed by atoms with Gasteiger partial charge in [-0.25, -0.2) is 4.79 Å². The number of Topliss-reactive ketones (excluding diaryl/α,β-unsaturated/α-hetero) is 1. The maximum atomic E-state index is 12.7. The molecule has 3 amide bonds. The van der Waals surface area contributed by atoms with Gasteiger partial charge in [0.1, 0.15) is 0 Å². The van der Waals surface area contributed by atoms with Gasteiger partial charge in [-0.2, -0.15) is 0 Å². The smallest absolute Gasteiger partial charge is 0.338 e. The summed E-state index contributed by atoms with van der Waals surface area (Å²) < 4.78 is 5.05. The van der Waals surface area contributed by atoms with Crippen molar-refractivity contribution in [3.63, 3.8) is 0 Å². The summed E-state index contributed by atoms with van der Waals surface area (Å²) in [5.74, 6) is -2.42. The minimum absolute atomic E-state index is 0.0818. The maximum Gasteiger partial charge on any atom is 0.338 e. The van der Waals surface area contributed by atoms with Gasteiger partial charge in [0.2, 0.25) is 11.8 Å². The molecule has 2 atom stereocenters. The van der Waals surface area contributed by atoms with Crippen molar-refractivity contribution in [2.45, 2.75) is 19.8 Å². The predicted octanol–water partition coefficient (Wildman–Crippen LogP) is 3.14. The number of fused-ring (bicyclic) bond motifs is 1. The highest BCUT2D eigenvalue weighted by molar-refractivity contribution is 6.22. The number of ether oxygens (including phenoxy) is 1. The zero-order valence-corrected chi connectivity index (χ0v) is 17.9. The monoisotopic (exact) mass is 446 g/mol. The molecular formula is C25H22N2O6. The fourth-order valence-electron chi connectivity index (χ4n) is 4.00. The molecule has 1 aliphatic carbocycles. The fourth-order valence-corrected chi connectivity index (χ4v) is 4.00. The summed E-state index contributed by atoms with van der Waals surface area (Å²) in [6, 6.07) is 12.3. The first-order valence-electron chi connectivity index (χ1n) is 10.6. The Morgan fingerprint density at radius 3 is 1.97 bits per heavy atom. The summed E-state index contributed by atoms with van der Waals surface area (Å²) in [6.45, 7) is 0.957. The average Bonchev–Trinajstić information content (AvgIpc) is 3.08. The molecule has 8 nitrogen and oxygen atoms in total. The van der Waals surface area contributed by atoms with Crippen LogP contribution in [0.1, 0.15) is 40.5 Å². The van der Waals surface area contributed by atoms with Gasteiger partial charge in [0.25, 0.3) is 5.91 Å². The van der Waals surface area contributed by atoms with Crippen LogP contribution in [-0.2, 0) is 19.1 Å². The van der Waals surface area contributed by atoms with Gasteiger partial charge in [-0.3, -0.25) is 24.1 Å². The average molecular weight is 446 g/mol. The minimum atomic E-state index is -0.708. The van der Waals surface area contributed by atoms with Crippen LogP contribution in [0.2, 0.25) is 0 Å². The van der Waals surface area contributed by atoms with E-state index < -0.39 is 18.5 Å². The number of rotatable bonds is 6. The Hall–Kier alpha value is -4.07. The summed E-state index contributed by atoms with van der Waals surface area (Å²) in [5.41, 5.74) is 1.59. The fraction of sp³-hybridized carbons (Fsp3) is 0.240. The standard InChI is InChI=1S/C25H22N2O6/c1-15(28)16-6-10-18(11-7-16)26-22(29)14-33-25(32)17-8-12-19(13-9-17)27-23(30)20-4-2-3-5-21(20)24(27)31/h2-3,6-13,20-21H,4-5,14H2,1H3,(H,26,29)/t20-,21-/m0/s1. The third-order valence-corrected chi connectivity index (χ3v) is 5.78. The van der Waals surface area contributed by atoms with E-state index in [1.165, 1.54) is 36.1 Å². The van der Waals surface area contributed by atoms with Crippen LogP contribution in [0, 0.1) is 11.8 Å². The number of hydrogen-bond donors (Lipinski definition) is 1. The Kier molecular flexibility index (Phi) is 6.17. The predicted molar refractivity (Wildman–Crippen MR) is 120 cm³/mol. The minimum Gasteiger partial charge on any atom is -0.452 e. The number of carbonyl (C=O) groups is 5. The van der Waals surface area contributed by atoms with Crippen LogP contribution in [0.25, 0.3) is 0 Å². The summed E-state index contributed by atoms with van der Waals surface area (Å²) >= 11 is 0. The molecule has 2 aromatic carbocycles.